The summed E-state index contributed by atoms with van der Waals surface area (Å²) in [6, 6.07) is 0.154. The average molecular weight is 293 g/mol. The number of nitrogen functional groups attached to an aromatic ring is 1. The van der Waals surface area contributed by atoms with E-state index in [0.29, 0.717) is 36.7 Å². The molecule has 0 spiro atoms. The van der Waals surface area contributed by atoms with Gasteiger partial charge in [-0.05, 0) is 26.7 Å². The number of piperidine rings is 1. The molecule has 2 rings (SSSR count). The van der Waals surface area contributed by atoms with Gasteiger partial charge in [0.15, 0.2) is 0 Å². The summed E-state index contributed by atoms with van der Waals surface area (Å²) in [4.78, 5) is 25.5. The number of hydrogen-bond acceptors (Lipinski definition) is 4. The first-order chi connectivity index (χ1) is 9.93. The Kier molecular flexibility index (Phi) is 4.50. The van der Waals surface area contributed by atoms with E-state index in [1.807, 2.05) is 6.92 Å². The second kappa shape index (κ2) is 6.15. The zero-order valence-electron chi connectivity index (χ0n) is 12.8. The quantitative estimate of drug-likeness (QED) is 0.850. The van der Waals surface area contributed by atoms with E-state index in [1.54, 1.807) is 16.5 Å². The Balaban J connectivity index is 2.07. The Morgan fingerprint density at radius 3 is 2.52 bits per heavy atom. The number of hydrogen-bond donors (Lipinski definition) is 2. The molecule has 2 amide bonds. The lowest BCUT2D eigenvalue weighted by Gasteiger charge is -2.32. The number of aryl methyl sites for hydroxylation is 2. The van der Waals surface area contributed by atoms with Crippen molar-refractivity contribution in [3.05, 3.63) is 11.4 Å². The molecule has 0 atom stereocenters. The minimum absolute atomic E-state index is 0.0243. The van der Waals surface area contributed by atoms with Crippen molar-refractivity contribution in [2.24, 2.45) is 0 Å². The van der Waals surface area contributed by atoms with E-state index in [1.165, 1.54) is 6.92 Å². The Hall–Kier alpha value is -2.05. The first kappa shape index (κ1) is 15.3. The maximum atomic E-state index is 12.6. The highest BCUT2D eigenvalue weighted by atomic mass is 16.2. The maximum Gasteiger partial charge on any atom is 0.274 e. The second-order valence-corrected chi connectivity index (χ2v) is 5.43. The van der Waals surface area contributed by atoms with E-state index in [-0.39, 0.29) is 17.9 Å². The topological polar surface area (TPSA) is 93.2 Å². The summed E-state index contributed by atoms with van der Waals surface area (Å²) < 4.78 is 1.66. The lowest BCUT2D eigenvalue weighted by atomic mass is 10.0. The third-order valence-electron chi connectivity index (χ3n) is 3.87. The number of nitrogens with one attached hydrogen (secondary N) is 1. The fourth-order valence-corrected chi connectivity index (χ4v) is 2.71. The van der Waals surface area contributed by atoms with Crippen molar-refractivity contribution in [1.82, 2.24) is 20.0 Å². The summed E-state index contributed by atoms with van der Waals surface area (Å²) in [5.74, 6) is -0.0973. The van der Waals surface area contributed by atoms with Gasteiger partial charge in [-0.3, -0.25) is 14.3 Å². The molecular weight excluding hydrogens is 270 g/mol. The molecule has 7 nitrogen and oxygen atoms in total. The van der Waals surface area contributed by atoms with E-state index in [9.17, 15) is 9.59 Å². The molecule has 7 heteroatoms. The zero-order chi connectivity index (χ0) is 15.6. The molecule has 2 heterocycles. The fraction of sp³-hybridized carbons (Fsp3) is 0.643. The van der Waals surface area contributed by atoms with Crippen LogP contribution in [0.3, 0.4) is 0 Å². The van der Waals surface area contributed by atoms with Crippen molar-refractivity contribution in [2.75, 3.05) is 18.8 Å². The molecule has 0 aromatic carbocycles. The number of amides is 2. The largest absolute Gasteiger partial charge is 0.395 e. The van der Waals surface area contributed by atoms with Crippen molar-refractivity contribution in [2.45, 2.75) is 46.2 Å². The van der Waals surface area contributed by atoms with Crippen molar-refractivity contribution in [3.8, 4) is 0 Å². The summed E-state index contributed by atoms with van der Waals surface area (Å²) in [6.45, 7) is 7.11. The van der Waals surface area contributed by atoms with E-state index in [2.05, 4.69) is 10.4 Å². The lowest BCUT2D eigenvalue weighted by Crippen LogP contribution is -2.46. The van der Waals surface area contributed by atoms with Crippen LogP contribution in [0, 0.1) is 6.92 Å². The summed E-state index contributed by atoms with van der Waals surface area (Å²) in [5.41, 5.74) is 7.62. The van der Waals surface area contributed by atoms with Crippen LogP contribution in [-0.4, -0.2) is 45.6 Å². The second-order valence-electron chi connectivity index (χ2n) is 5.43. The van der Waals surface area contributed by atoms with E-state index in [4.69, 9.17) is 5.73 Å². The van der Waals surface area contributed by atoms with Gasteiger partial charge < -0.3 is 16.0 Å². The van der Waals surface area contributed by atoms with Gasteiger partial charge in [-0.25, -0.2) is 0 Å². The van der Waals surface area contributed by atoms with Gasteiger partial charge in [0.25, 0.3) is 5.91 Å². The van der Waals surface area contributed by atoms with Gasteiger partial charge in [0.2, 0.25) is 5.91 Å². The van der Waals surface area contributed by atoms with Crippen LogP contribution in [0.25, 0.3) is 0 Å². The van der Waals surface area contributed by atoms with Crippen LogP contribution in [0.5, 0.6) is 0 Å². The van der Waals surface area contributed by atoms with Crippen LogP contribution >= 0.6 is 0 Å². The SMILES string of the molecule is CCn1nc(C)c(N)c1C(=O)N1CCC(NC(C)=O)CC1. The van der Waals surface area contributed by atoms with E-state index < -0.39 is 0 Å². The molecule has 1 saturated heterocycles. The molecule has 0 unspecified atom stereocenters. The zero-order valence-corrected chi connectivity index (χ0v) is 12.8. The summed E-state index contributed by atoms with van der Waals surface area (Å²) in [7, 11) is 0. The van der Waals surface area contributed by atoms with Gasteiger partial charge in [-0.1, -0.05) is 0 Å². The Morgan fingerprint density at radius 2 is 2.00 bits per heavy atom. The molecule has 3 N–H and O–H groups in total. The van der Waals surface area contributed by atoms with Crippen LogP contribution in [0.15, 0.2) is 0 Å². The van der Waals surface area contributed by atoms with Crippen molar-refractivity contribution in [1.29, 1.82) is 0 Å². The highest BCUT2D eigenvalue weighted by Crippen LogP contribution is 2.21. The lowest BCUT2D eigenvalue weighted by molar-refractivity contribution is -0.119. The number of aromatic nitrogens is 2. The predicted molar refractivity (Wildman–Crippen MR) is 79.8 cm³/mol. The standard InChI is InChI=1S/C14H23N5O2/c1-4-19-13(12(15)9(2)17-19)14(21)18-7-5-11(6-8-18)16-10(3)20/h11H,4-8,15H2,1-3H3,(H,16,20). The summed E-state index contributed by atoms with van der Waals surface area (Å²) >= 11 is 0. The van der Waals surface area contributed by atoms with Crippen LogP contribution in [0.2, 0.25) is 0 Å². The van der Waals surface area contributed by atoms with E-state index >= 15 is 0 Å². The van der Waals surface area contributed by atoms with Crippen molar-refractivity contribution in [3.63, 3.8) is 0 Å². The van der Waals surface area contributed by atoms with Crippen LogP contribution < -0.4 is 11.1 Å². The van der Waals surface area contributed by atoms with Gasteiger partial charge in [0, 0.05) is 32.6 Å². The molecule has 1 aromatic rings. The predicted octanol–water partition coefficient (Wildman–Crippen LogP) is 0.534. The smallest absolute Gasteiger partial charge is 0.274 e. The van der Waals surface area contributed by atoms with Gasteiger partial charge in [0.1, 0.15) is 5.69 Å². The molecule has 0 radical (unpaired) electrons. The summed E-state index contributed by atoms with van der Waals surface area (Å²) in [5, 5.41) is 7.19. The Morgan fingerprint density at radius 1 is 1.38 bits per heavy atom. The summed E-state index contributed by atoms with van der Waals surface area (Å²) in [6.07, 6.45) is 1.54. The normalized spacial score (nSPS) is 16.0. The molecule has 21 heavy (non-hydrogen) atoms. The molecule has 0 bridgehead atoms. The maximum absolute atomic E-state index is 12.6. The van der Waals surface area contributed by atoms with Crippen molar-refractivity contribution < 1.29 is 9.59 Å². The number of anilines is 1. The van der Waals surface area contributed by atoms with Crippen LogP contribution in [0.4, 0.5) is 5.69 Å². The minimum Gasteiger partial charge on any atom is -0.395 e. The number of carbonyl (C=O) groups excluding carboxylic acids is 2. The van der Waals surface area contributed by atoms with Gasteiger partial charge in [-0.15, -0.1) is 0 Å². The van der Waals surface area contributed by atoms with Gasteiger partial charge in [0.05, 0.1) is 11.4 Å². The molecular formula is C14H23N5O2. The number of nitrogens with zero attached hydrogens (tertiary/aromatic N) is 3. The average Bonchev–Trinajstić information content (AvgIpc) is 2.73. The first-order valence-corrected chi connectivity index (χ1v) is 7.33. The number of nitrogens with two attached hydrogens (primary N) is 1. The number of carbonyl (C=O) groups is 2. The number of likely N-dealkylation sites (tertiary alicyclic amines) is 1. The molecule has 0 aliphatic carbocycles. The molecule has 1 fully saturated rings. The van der Waals surface area contributed by atoms with Crippen molar-refractivity contribution >= 4 is 17.5 Å². The van der Waals surface area contributed by atoms with Gasteiger partial charge in [-0.2, -0.15) is 5.10 Å². The highest BCUT2D eigenvalue weighted by Gasteiger charge is 2.28. The number of rotatable bonds is 3. The van der Waals surface area contributed by atoms with Crippen LogP contribution in [-0.2, 0) is 11.3 Å². The molecule has 0 saturated carbocycles. The molecule has 1 aromatic heterocycles. The van der Waals surface area contributed by atoms with E-state index in [0.717, 1.165) is 12.8 Å². The van der Waals surface area contributed by atoms with Gasteiger partial charge >= 0.3 is 0 Å². The Labute approximate surface area is 124 Å². The molecule has 116 valence electrons. The fourth-order valence-electron chi connectivity index (χ4n) is 2.71. The third kappa shape index (κ3) is 3.17. The minimum atomic E-state index is -0.0729. The van der Waals surface area contributed by atoms with Crippen LogP contribution in [0.1, 0.15) is 42.9 Å². The Bertz CT molecular complexity index is 544. The first-order valence-electron chi connectivity index (χ1n) is 7.33. The third-order valence-corrected chi connectivity index (χ3v) is 3.87. The highest BCUT2D eigenvalue weighted by molar-refractivity contribution is 5.98. The molecule has 1 aliphatic heterocycles. The molecule has 1 aliphatic rings. The monoisotopic (exact) mass is 293 g/mol.